The Labute approximate surface area is 85.1 Å². The van der Waals surface area contributed by atoms with E-state index in [1.807, 2.05) is 0 Å². The molecule has 0 spiro atoms. The fraction of sp³-hybridized carbons (Fsp3) is 1.00. The van der Waals surface area contributed by atoms with Crippen LogP contribution in [0.5, 0.6) is 0 Å². The van der Waals surface area contributed by atoms with E-state index in [-0.39, 0.29) is 0 Å². The van der Waals surface area contributed by atoms with E-state index in [0.717, 1.165) is 5.92 Å². The standard InChI is InChI=1S/C13H28/c1-6-9-10-11-13(5,8-3)12(4)7-2/h12H,6-11H2,1-5H3. The van der Waals surface area contributed by atoms with Gasteiger partial charge in [-0.25, -0.2) is 0 Å². The second kappa shape index (κ2) is 6.45. The van der Waals surface area contributed by atoms with Crippen LogP contribution in [-0.2, 0) is 0 Å². The van der Waals surface area contributed by atoms with Gasteiger partial charge in [0.1, 0.15) is 0 Å². The van der Waals surface area contributed by atoms with Gasteiger partial charge in [0, 0.05) is 0 Å². The predicted octanol–water partition coefficient (Wildman–Crippen LogP) is 5.03. The van der Waals surface area contributed by atoms with Crippen LogP contribution in [0, 0.1) is 11.3 Å². The fourth-order valence-electron chi connectivity index (χ4n) is 2.04. The summed E-state index contributed by atoms with van der Waals surface area (Å²) in [6, 6.07) is 0. The van der Waals surface area contributed by atoms with E-state index in [9.17, 15) is 0 Å². The third kappa shape index (κ3) is 4.15. The monoisotopic (exact) mass is 184 g/mol. The van der Waals surface area contributed by atoms with Crippen LogP contribution in [0.4, 0.5) is 0 Å². The van der Waals surface area contributed by atoms with Crippen LogP contribution < -0.4 is 0 Å². The van der Waals surface area contributed by atoms with Crippen molar-refractivity contribution in [2.24, 2.45) is 11.3 Å². The van der Waals surface area contributed by atoms with E-state index in [1.165, 1.54) is 38.5 Å². The van der Waals surface area contributed by atoms with Crippen LogP contribution in [0.1, 0.15) is 73.1 Å². The molecule has 2 unspecified atom stereocenters. The molecule has 0 aliphatic rings. The molecule has 0 rings (SSSR count). The van der Waals surface area contributed by atoms with Crippen LogP contribution in [0.3, 0.4) is 0 Å². The van der Waals surface area contributed by atoms with E-state index in [2.05, 4.69) is 34.6 Å². The summed E-state index contributed by atoms with van der Waals surface area (Å²) in [6.45, 7) is 11.8. The molecule has 0 bridgehead atoms. The van der Waals surface area contributed by atoms with Gasteiger partial charge in [0.05, 0.1) is 0 Å². The van der Waals surface area contributed by atoms with Crippen LogP contribution in [-0.4, -0.2) is 0 Å². The summed E-state index contributed by atoms with van der Waals surface area (Å²) in [4.78, 5) is 0. The second-order valence-corrected chi connectivity index (χ2v) is 4.77. The highest BCUT2D eigenvalue weighted by atomic mass is 14.3. The molecular weight excluding hydrogens is 156 g/mol. The molecule has 0 aromatic carbocycles. The van der Waals surface area contributed by atoms with E-state index in [0.29, 0.717) is 5.41 Å². The average Bonchev–Trinajstić information content (AvgIpc) is 2.16. The first kappa shape index (κ1) is 13.0. The lowest BCUT2D eigenvalue weighted by Gasteiger charge is -2.34. The molecule has 0 N–H and O–H groups in total. The van der Waals surface area contributed by atoms with Crippen molar-refractivity contribution in [3.8, 4) is 0 Å². The first-order valence-electron chi connectivity index (χ1n) is 6.10. The summed E-state index contributed by atoms with van der Waals surface area (Å²) in [5, 5.41) is 0. The SMILES string of the molecule is CCCCCC(C)(CC)C(C)CC. The molecule has 80 valence electrons. The Balaban J connectivity index is 3.95. The lowest BCUT2D eigenvalue weighted by Crippen LogP contribution is -2.24. The van der Waals surface area contributed by atoms with E-state index in [4.69, 9.17) is 0 Å². The molecule has 0 fully saturated rings. The smallest absolute Gasteiger partial charge is 0.0303 e. The van der Waals surface area contributed by atoms with Crippen LogP contribution >= 0.6 is 0 Å². The minimum absolute atomic E-state index is 0.601. The maximum Gasteiger partial charge on any atom is -0.0303 e. The Kier molecular flexibility index (Phi) is 6.45. The molecule has 0 aliphatic carbocycles. The summed E-state index contributed by atoms with van der Waals surface area (Å²) in [5.41, 5.74) is 0.601. The van der Waals surface area contributed by atoms with Crippen LogP contribution in [0.2, 0.25) is 0 Å². The van der Waals surface area contributed by atoms with Crippen molar-refractivity contribution >= 4 is 0 Å². The zero-order chi connectivity index (χ0) is 10.3. The topological polar surface area (TPSA) is 0 Å². The first-order valence-corrected chi connectivity index (χ1v) is 6.10. The Morgan fingerprint density at radius 3 is 2.08 bits per heavy atom. The first-order chi connectivity index (χ1) is 6.10. The zero-order valence-electron chi connectivity index (χ0n) is 10.3. The van der Waals surface area contributed by atoms with Gasteiger partial charge in [0.15, 0.2) is 0 Å². The molecule has 0 radical (unpaired) electrons. The molecule has 0 amide bonds. The van der Waals surface area contributed by atoms with Crippen molar-refractivity contribution in [3.05, 3.63) is 0 Å². The largest absolute Gasteiger partial charge is 0.0654 e. The molecule has 13 heavy (non-hydrogen) atoms. The van der Waals surface area contributed by atoms with Gasteiger partial charge in [0.25, 0.3) is 0 Å². The highest BCUT2D eigenvalue weighted by molar-refractivity contribution is 4.77. The van der Waals surface area contributed by atoms with Gasteiger partial charge in [-0.05, 0) is 17.8 Å². The highest BCUT2D eigenvalue weighted by Gasteiger charge is 2.26. The summed E-state index contributed by atoms with van der Waals surface area (Å²) >= 11 is 0. The molecule has 0 nitrogen and oxygen atoms in total. The highest BCUT2D eigenvalue weighted by Crippen LogP contribution is 2.38. The van der Waals surface area contributed by atoms with Crippen molar-refractivity contribution in [3.63, 3.8) is 0 Å². The summed E-state index contributed by atoms with van der Waals surface area (Å²) in [5.74, 6) is 0.884. The molecule has 0 aromatic rings. The predicted molar refractivity (Wildman–Crippen MR) is 62.0 cm³/mol. The number of hydrogen-bond donors (Lipinski definition) is 0. The number of hydrogen-bond acceptors (Lipinski definition) is 0. The zero-order valence-corrected chi connectivity index (χ0v) is 10.3. The third-order valence-corrected chi connectivity index (χ3v) is 3.96. The minimum Gasteiger partial charge on any atom is -0.0654 e. The van der Waals surface area contributed by atoms with E-state index in [1.54, 1.807) is 0 Å². The van der Waals surface area contributed by atoms with Gasteiger partial charge >= 0.3 is 0 Å². The Hall–Kier alpha value is 0. The van der Waals surface area contributed by atoms with Crippen molar-refractivity contribution < 1.29 is 0 Å². The van der Waals surface area contributed by atoms with Crippen LogP contribution in [0.25, 0.3) is 0 Å². The third-order valence-electron chi connectivity index (χ3n) is 3.96. The van der Waals surface area contributed by atoms with E-state index >= 15 is 0 Å². The van der Waals surface area contributed by atoms with Crippen molar-refractivity contribution in [2.45, 2.75) is 73.1 Å². The average molecular weight is 184 g/mol. The molecule has 0 heterocycles. The molecular formula is C13H28. The molecule has 0 heteroatoms. The quantitative estimate of drug-likeness (QED) is 0.487. The summed E-state index contributed by atoms with van der Waals surface area (Å²) in [6.07, 6.45) is 8.27. The lowest BCUT2D eigenvalue weighted by atomic mass is 9.71. The van der Waals surface area contributed by atoms with Gasteiger partial charge < -0.3 is 0 Å². The van der Waals surface area contributed by atoms with E-state index < -0.39 is 0 Å². The van der Waals surface area contributed by atoms with Gasteiger partial charge in [-0.1, -0.05) is 66.7 Å². The van der Waals surface area contributed by atoms with Gasteiger partial charge in [-0.15, -0.1) is 0 Å². The van der Waals surface area contributed by atoms with Crippen molar-refractivity contribution in [2.75, 3.05) is 0 Å². The molecule has 2 atom stereocenters. The van der Waals surface area contributed by atoms with Gasteiger partial charge in [-0.2, -0.15) is 0 Å². The lowest BCUT2D eigenvalue weighted by molar-refractivity contribution is 0.165. The molecule has 0 saturated heterocycles. The number of rotatable bonds is 7. The van der Waals surface area contributed by atoms with Crippen molar-refractivity contribution in [1.29, 1.82) is 0 Å². The Morgan fingerprint density at radius 1 is 1.08 bits per heavy atom. The normalized spacial score (nSPS) is 18.2. The summed E-state index contributed by atoms with van der Waals surface area (Å²) < 4.78 is 0. The Morgan fingerprint density at radius 2 is 1.69 bits per heavy atom. The number of unbranched alkanes of at least 4 members (excludes halogenated alkanes) is 2. The summed E-state index contributed by atoms with van der Waals surface area (Å²) in [7, 11) is 0. The fourth-order valence-corrected chi connectivity index (χ4v) is 2.04. The minimum atomic E-state index is 0.601. The molecule has 0 aliphatic heterocycles. The molecule has 0 saturated carbocycles. The molecule has 0 aromatic heterocycles. The van der Waals surface area contributed by atoms with Gasteiger partial charge in [-0.3, -0.25) is 0 Å². The van der Waals surface area contributed by atoms with Gasteiger partial charge in [0.2, 0.25) is 0 Å². The Bertz CT molecular complexity index is 117. The maximum absolute atomic E-state index is 2.47. The maximum atomic E-state index is 2.47. The van der Waals surface area contributed by atoms with Crippen LogP contribution in [0.15, 0.2) is 0 Å². The van der Waals surface area contributed by atoms with Crippen molar-refractivity contribution in [1.82, 2.24) is 0 Å². The second-order valence-electron chi connectivity index (χ2n) is 4.77.